The van der Waals surface area contributed by atoms with Crippen molar-refractivity contribution >= 4 is 47.7 Å². The SMILES string of the molecule is CCOCC/N=C/c1ccc(C#CSI)s1. The van der Waals surface area contributed by atoms with Gasteiger partial charge in [-0.3, -0.25) is 4.99 Å². The van der Waals surface area contributed by atoms with Crippen LogP contribution in [0.1, 0.15) is 16.7 Å². The first-order valence-corrected chi connectivity index (χ1v) is 9.00. The van der Waals surface area contributed by atoms with Crippen LogP contribution in [0.3, 0.4) is 0 Å². The molecule has 1 aromatic heterocycles. The maximum Gasteiger partial charge on any atom is 0.0784 e. The molecule has 5 heteroatoms. The van der Waals surface area contributed by atoms with Crippen LogP contribution in [-0.2, 0) is 4.74 Å². The van der Waals surface area contributed by atoms with Crippen molar-refractivity contribution in [1.29, 1.82) is 0 Å². The van der Waals surface area contributed by atoms with Gasteiger partial charge in [-0.15, -0.1) is 11.3 Å². The Morgan fingerprint density at radius 2 is 2.50 bits per heavy atom. The second kappa shape index (κ2) is 9.05. The van der Waals surface area contributed by atoms with Crippen molar-refractivity contribution in [2.24, 2.45) is 4.99 Å². The first-order valence-electron chi connectivity index (χ1n) is 4.82. The van der Waals surface area contributed by atoms with Crippen LogP contribution in [0.4, 0.5) is 0 Å². The van der Waals surface area contributed by atoms with Gasteiger partial charge >= 0.3 is 0 Å². The topological polar surface area (TPSA) is 21.6 Å². The molecule has 0 saturated carbocycles. The summed E-state index contributed by atoms with van der Waals surface area (Å²) in [6, 6.07) is 4.06. The number of ether oxygens (including phenoxy) is 1. The third-order valence-corrected chi connectivity index (χ3v) is 3.40. The van der Waals surface area contributed by atoms with E-state index in [1.54, 1.807) is 11.3 Å². The summed E-state index contributed by atoms with van der Waals surface area (Å²) in [4.78, 5) is 6.50. The summed E-state index contributed by atoms with van der Waals surface area (Å²) < 4.78 is 5.19. The van der Waals surface area contributed by atoms with Crippen molar-refractivity contribution in [3.63, 3.8) is 0 Å². The van der Waals surface area contributed by atoms with Crippen LogP contribution in [0.2, 0.25) is 0 Å². The van der Waals surface area contributed by atoms with Gasteiger partial charge in [0.2, 0.25) is 0 Å². The molecule has 0 atom stereocenters. The highest BCUT2D eigenvalue weighted by Gasteiger charge is 1.93. The van der Waals surface area contributed by atoms with Gasteiger partial charge in [0, 0.05) is 38.9 Å². The van der Waals surface area contributed by atoms with Gasteiger partial charge in [0.05, 0.1) is 18.0 Å². The molecule has 1 aromatic rings. The molecule has 0 radical (unpaired) electrons. The summed E-state index contributed by atoms with van der Waals surface area (Å²) in [5.74, 6) is 3.06. The van der Waals surface area contributed by atoms with Crippen LogP contribution < -0.4 is 0 Å². The van der Waals surface area contributed by atoms with Crippen LogP contribution >= 0.6 is 41.5 Å². The van der Waals surface area contributed by atoms with Gasteiger partial charge in [-0.2, -0.15) is 0 Å². The minimum Gasteiger partial charge on any atom is -0.380 e. The Morgan fingerprint density at radius 1 is 1.62 bits per heavy atom. The smallest absolute Gasteiger partial charge is 0.0784 e. The van der Waals surface area contributed by atoms with Gasteiger partial charge in [-0.25, -0.2) is 0 Å². The Balaban J connectivity index is 2.39. The van der Waals surface area contributed by atoms with E-state index >= 15 is 0 Å². The number of nitrogens with zero attached hydrogens (tertiary/aromatic N) is 1. The lowest BCUT2D eigenvalue weighted by atomic mass is 10.4. The van der Waals surface area contributed by atoms with Gasteiger partial charge in [0.25, 0.3) is 0 Å². The van der Waals surface area contributed by atoms with E-state index in [9.17, 15) is 0 Å². The minimum atomic E-state index is 0.691. The molecule has 0 amide bonds. The lowest BCUT2D eigenvalue weighted by Gasteiger charge is -1.94. The number of hydrogen-bond acceptors (Lipinski definition) is 4. The van der Waals surface area contributed by atoms with Gasteiger partial charge in [0.15, 0.2) is 0 Å². The highest BCUT2D eigenvalue weighted by Crippen LogP contribution is 2.15. The highest BCUT2D eigenvalue weighted by molar-refractivity contribution is 14.2. The van der Waals surface area contributed by atoms with Crippen molar-refractivity contribution in [3.05, 3.63) is 21.9 Å². The monoisotopic (exact) mass is 365 g/mol. The van der Waals surface area contributed by atoms with Gasteiger partial charge in [-0.1, -0.05) is 0 Å². The molecule has 0 saturated heterocycles. The molecular formula is C11H12INOS2. The van der Waals surface area contributed by atoms with Crippen LogP contribution in [0.5, 0.6) is 0 Å². The number of thiophene rings is 1. The minimum absolute atomic E-state index is 0.691. The third-order valence-electron chi connectivity index (χ3n) is 1.63. The van der Waals surface area contributed by atoms with Gasteiger partial charge < -0.3 is 4.74 Å². The van der Waals surface area contributed by atoms with Crippen molar-refractivity contribution in [2.45, 2.75) is 6.92 Å². The Hall–Kier alpha value is -0.0300. The molecule has 0 aliphatic carbocycles. The van der Waals surface area contributed by atoms with E-state index in [-0.39, 0.29) is 0 Å². The Labute approximate surface area is 116 Å². The zero-order valence-corrected chi connectivity index (χ0v) is 12.7. The maximum absolute atomic E-state index is 5.19. The molecule has 0 aromatic carbocycles. The average molecular weight is 365 g/mol. The fourth-order valence-corrected chi connectivity index (χ4v) is 2.27. The standard InChI is InChI=1S/C11H12INOS2/c1-2-14-7-6-13-9-11-4-3-10(16-11)5-8-15-12/h3-4,9H,2,6-7H2,1H3/b13-9+. The molecule has 1 rings (SSSR count). The van der Waals surface area contributed by atoms with E-state index < -0.39 is 0 Å². The Bertz CT molecular complexity index is 392. The van der Waals surface area contributed by atoms with E-state index in [0.717, 1.165) is 22.9 Å². The summed E-state index contributed by atoms with van der Waals surface area (Å²) >= 11 is 3.82. The average Bonchev–Trinajstić information content (AvgIpc) is 2.74. The van der Waals surface area contributed by atoms with Crippen molar-refractivity contribution in [1.82, 2.24) is 0 Å². The van der Waals surface area contributed by atoms with Crippen LogP contribution in [-0.4, -0.2) is 26.0 Å². The number of aliphatic imine (C=N–C) groups is 1. The van der Waals surface area contributed by atoms with Crippen molar-refractivity contribution in [2.75, 3.05) is 19.8 Å². The van der Waals surface area contributed by atoms with Crippen LogP contribution in [0.25, 0.3) is 0 Å². The lowest BCUT2D eigenvalue weighted by molar-refractivity contribution is 0.156. The quantitative estimate of drug-likeness (QED) is 0.344. The van der Waals surface area contributed by atoms with E-state index in [1.807, 2.05) is 25.3 Å². The van der Waals surface area contributed by atoms with E-state index in [0.29, 0.717) is 6.61 Å². The predicted octanol–water partition coefficient (Wildman–Crippen LogP) is 3.60. The van der Waals surface area contributed by atoms with Crippen molar-refractivity contribution < 1.29 is 4.74 Å². The molecule has 86 valence electrons. The molecule has 0 spiro atoms. The molecule has 0 fully saturated rings. The van der Waals surface area contributed by atoms with Crippen LogP contribution in [0, 0.1) is 11.2 Å². The molecule has 0 bridgehead atoms. The summed E-state index contributed by atoms with van der Waals surface area (Å²) in [5, 5.41) is 2.96. The molecule has 16 heavy (non-hydrogen) atoms. The van der Waals surface area contributed by atoms with Gasteiger partial charge in [-0.05, 0) is 39.2 Å². The van der Waals surface area contributed by atoms with Crippen molar-refractivity contribution in [3.8, 4) is 11.2 Å². The molecule has 1 heterocycles. The molecule has 0 unspecified atom stereocenters. The number of rotatable bonds is 5. The molecule has 0 aliphatic heterocycles. The zero-order chi connectivity index (χ0) is 11.6. The van der Waals surface area contributed by atoms with Crippen LogP contribution in [0.15, 0.2) is 17.1 Å². The molecular weight excluding hydrogens is 353 g/mol. The molecule has 0 aliphatic rings. The van der Waals surface area contributed by atoms with Gasteiger partial charge in [0.1, 0.15) is 0 Å². The molecule has 0 N–H and O–H groups in total. The van der Waals surface area contributed by atoms with E-state index in [4.69, 9.17) is 4.74 Å². The summed E-state index contributed by atoms with van der Waals surface area (Å²) in [5.41, 5.74) is 0. The summed E-state index contributed by atoms with van der Waals surface area (Å²) in [6.07, 6.45) is 1.88. The molecule has 2 nitrogen and oxygen atoms in total. The first kappa shape index (κ1) is 14.0. The van der Waals surface area contributed by atoms with E-state index in [1.165, 1.54) is 8.93 Å². The second-order valence-electron chi connectivity index (χ2n) is 2.74. The summed E-state index contributed by atoms with van der Waals surface area (Å²) in [7, 11) is 1.50. The highest BCUT2D eigenvalue weighted by atomic mass is 127. The fraction of sp³-hybridized carbons (Fsp3) is 0.364. The largest absolute Gasteiger partial charge is 0.380 e. The van der Waals surface area contributed by atoms with E-state index in [2.05, 4.69) is 37.4 Å². The predicted molar refractivity (Wildman–Crippen MR) is 81.8 cm³/mol. The Kier molecular flexibility index (Phi) is 7.93. The number of hydrogen-bond donors (Lipinski definition) is 0. The number of halogens is 1. The fourth-order valence-electron chi connectivity index (χ4n) is 0.975. The third kappa shape index (κ3) is 5.89. The maximum atomic E-state index is 5.19. The normalized spacial score (nSPS) is 10.4. The first-order chi connectivity index (χ1) is 7.86. The second-order valence-corrected chi connectivity index (χ2v) is 5.53. The lowest BCUT2D eigenvalue weighted by Crippen LogP contribution is -1.96. The Morgan fingerprint density at radius 3 is 3.25 bits per heavy atom. The summed E-state index contributed by atoms with van der Waals surface area (Å²) in [6.45, 7) is 4.15. The zero-order valence-electron chi connectivity index (χ0n) is 8.90.